The molecule has 1 fully saturated rings. The molecule has 1 aliphatic rings. The van der Waals surface area contributed by atoms with Crippen LogP contribution in [0.2, 0.25) is 5.02 Å². The van der Waals surface area contributed by atoms with Crippen molar-refractivity contribution in [2.45, 2.75) is 23.6 Å². The molecule has 0 bridgehead atoms. The lowest BCUT2D eigenvalue weighted by Gasteiger charge is -2.33. The Kier molecular flexibility index (Phi) is 6.78. The number of esters is 1. The van der Waals surface area contributed by atoms with Crippen LogP contribution in [0.15, 0.2) is 46.2 Å². The van der Waals surface area contributed by atoms with E-state index in [9.17, 15) is 21.6 Å². The highest BCUT2D eigenvalue weighted by Gasteiger charge is 2.35. The minimum atomic E-state index is -4.03. The maximum absolute atomic E-state index is 13.1. The molecule has 2 aromatic rings. The van der Waals surface area contributed by atoms with Crippen molar-refractivity contribution in [2.75, 3.05) is 33.3 Å². The van der Waals surface area contributed by atoms with Gasteiger partial charge in [0.05, 0.1) is 22.6 Å². The van der Waals surface area contributed by atoms with Crippen molar-refractivity contribution in [2.24, 2.45) is 0 Å². The largest absolute Gasteiger partial charge is 0.465 e. The van der Waals surface area contributed by atoms with Crippen molar-refractivity contribution in [3.63, 3.8) is 0 Å². The normalized spacial score (nSPS) is 16.3. The van der Waals surface area contributed by atoms with Gasteiger partial charge in [-0.15, -0.1) is 0 Å². The van der Waals surface area contributed by atoms with Gasteiger partial charge in [0.25, 0.3) is 0 Å². The molecule has 0 unspecified atom stereocenters. The van der Waals surface area contributed by atoms with Gasteiger partial charge < -0.3 is 4.74 Å². The van der Waals surface area contributed by atoms with Crippen LogP contribution in [0.3, 0.4) is 0 Å². The first-order valence-corrected chi connectivity index (χ1v) is 12.7. The standard InChI is InChI=1S/C20H23ClN2O6S2/c1-14-4-7-18(15(2)12-14)30(25,26)22-8-10-23(11-9-22)31(27,28)19-13-16(20(24)29-3)5-6-17(19)21/h4-7,12-13H,8-11H2,1-3H3. The van der Waals surface area contributed by atoms with Crippen molar-refractivity contribution in [3.8, 4) is 0 Å². The number of halogens is 1. The monoisotopic (exact) mass is 486 g/mol. The molecule has 0 aliphatic carbocycles. The number of sulfonamides is 2. The zero-order chi connectivity index (χ0) is 23.0. The third kappa shape index (κ3) is 4.63. The van der Waals surface area contributed by atoms with E-state index in [1.807, 2.05) is 6.92 Å². The average Bonchev–Trinajstić information content (AvgIpc) is 2.73. The van der Waals surface area contributed by atoms with Gasteiger partial charge in [0.1, 0.15) is 4.90 Å². The summed E-state index contributed by atoms with van der Waals surface area (Å²) < 4.78 is 59.4. The average molecular weight is 487 g/mol. The Hall–Kier alpha value is -1.98. The number of rotatable bonds is 5. The van der Waals surface area contributed by atoms with E-state index in [1.165, 1.54) is 33.9 Å². The summed E-state index contributed by atoms with van der Waals surface area (Å²) in [5.41, 5.74) is 1.65. The number of hydrogen-bond acceptors (Lipinski definition) is 6. The number of aryl methyl sites for hydroxylation is 2. The van der Waals surface area contributed by atoms with E-state index in [1.54, 1.807) is 25.1 Å². The lowest BCUT2D eigenvalue weighted by Crippen LogP contribution is -2.50. The Bertz CT molecular complexity index is 1220. The predicted octanol–water partition coefficient (Wildman–Crippen LogP) is 2.44. The lowest BCUT2D eigenvalue weighted by atomic mass is 10.2. The second-order valence-electron chi connectivity index (χ2n) is 7.21. The summed E-state index contributed by atoms with van der Waals surface area (Å²) in [4.78, 5) is 11.8. The quantitative estimate of drug-likeness (QED) is 0.601. The topological polar surface area (TPSA) is 101 Å². The number of carbonyl (C=O) groups excluding carboxylic acids is 1. The molecule has 1 saturated heterocycles. The molecule has 1 aliphatic heterocycles. The highest BCUT2D eigenvalue weighted by atomic mass is 35.5. The van der Waals surface area contributed by atoms with Crippen LogP contribution >= 0.6 is 11.6 Å². The van der Waals surface area contributed by atoms with Crippen LogP contribution in [0.5, 0.6) is 0 Å². The maximum atomic E-state index is 13.1. The number of benzene rings is 2. The summed E-state index contributed by atoms with van der Waals surface area (Å²) in [5, 5.41) is -0.0296. The van der Waals surface area contributed by atoms with Crippen molar-refractivity contribution >= 4 is 37.6 Å². The fourth-order valence-electron chi connectivity index (χ4n) is 3.46. The fraction of sp³-hybridized carbons (Fsp3) is 0.350. The summed E-state index contributed by atoms with van der Waals surface area (Å²) in [6.07, 6.45) is 0. The van der Waals surface area contributed by atoms with E-state index in [2.05, 4.69) is 4.74 Å². The molecule has 0 aromatic heterocycles. The SMILES string of the molecule is COC(=O)c1ccc(Cl)c(S(=O)(=O)N2CCN(S(=O)(=O)c3ccc(C)cc3C)CC2)c1. The van der Waals surface area contributed by atoms with Gasteiger partial charge in [-0.05, 0) is 43.7 Å². The molecule has 0 saturated carbocycles. The number of nitrogens with zero attached hydrogens (tertiary/aromatic N) is 2. The van der Waals surface area contributed by atoms with Crippen molar-refractivity contribution in [3.05, 3.63) is 58.1 Å². The summed E-state index contributed by atoms with van der Waals surface area (Å²) in [7, 11) is -6.59. The van der Waals surface area contributed by atoms with Crippen LogP contribution in [-0.2, 0) is 24.8 Å². The third-order valence-corrected chi connectivity index (χ3v) is 9.56. The van der Waals surface area contributed by atoms with Crippen LogP contribution in [0, 0.1) is 13.8 Å². The van der Waals surface area contributed by atoms with Crippen LogP contribution < -0.4 is 0 Å². The first-order valence-electron chi connectivity index (χ1n) is 9.44. The zero-order valence-electron chi connectivity index (χ0n) is 17.3. The molecular weight excluding hydrogens is 464 g/mol. The molecule has 11 heteroatoms. The highest BCUT2D eigenvalue weighted by molar-refractivity contribution is 7.89. The molecule has 3 rings (SSSR count). The van der Waals surface area contributed by atoms with E-state index in [0.29, 0.717) is 5.56 Å². The summed E-state index contributed by atoms with van der Waals surface area (Å²) >= 11 is 6.10. The Balaban J connectivity index is 1.82. The molecule has 0 amide bonds. The van der Waals surface area contributed by atoms with Crippen LogP contribution in [0.25, 0.3) is 0 Å². The first-order chi connectivity index (χ1) is 14.5. The number of carbonyl (C=O) groups is 1. The Labute approximate surface area is 187 Å². The van der Waals surface area contributed by atoms with Gasteiger partial charge in [0.15, 0.2) is 0 Å². The van der Waals surface area contributed by atoms with E-state index in [0.717, 1.165) is 5.56 Å². The Morgan fingerprint density at radius 2 is 1.42 bits per heavy atom. The van der Waals surface area contributed by atoms with Crippen LogP contribution in [0.1, 0.15) is 21.5 Å². The molecule has 2 aromatic carbocycles. The summed E-state index contributed by atoms with van der Waals surface area (Å²) in [5.74, 6) is -0.683. The van der Waals surface area contributed by atoms with Crippen molar-refractivity contribution in [1.29, 1.82) is 0 Å². The maximum Gasteiger partial charge on any atom is 0.337 e. The third-order valence-electron chi connectivity index (χ3n) is 5.12. The number of hydrogen-bond donors (Lipinski definition) is 0. The minimum absolute atomic E-state index is 0.00317. The lowest BCUT2D eigenvalue weighted by molar-refractivity contribution is 0.0600. The van der Waals surface area contributed by atoms with E-state index in [-0.39, 0.29) is 46.6 Å². The zero-order valence-corrected chi connectivity index (χ0v) is 19.7. The molecular formula is C20H23ClN2O6S2. The van der Waals surface area contributed by atoms with Gasteiger partial charge in [-0.1, -0.05) is 29.3 Å². The minimum Gasteiger partial charge on any atom is -0.465 e. The van der Waals surface area contributed by atoms with Crippen LogP contribution in [0.4, 0.5) is 0 Å². The van der Waals surface area contributed by atoms with Gasteiger partial charge in [-0.25, -0.2) is 21.6 Å². The molecule has 0 spiro atoms. The van der Waals surface area contributed by atoms with E-state index >= 15 is 0 Å². The molecule has 0 N–H and O–H groups in total. The van der Waals surface area contributed by atoms with Crippen molar-refractivity contribution in [1.82, 2.24) is 8.61 Å². The van der Waals surface area contributed by atoms with Gasteiger partial charge in [0.2, 0.25) is 20.0 Å². The smallest absolute Gasteiger partial charge is 0.337 e. The van der Waals surface area contributed by atoms with Crippen LogP contribution in [-0.4, -0.2) is 64.7 Å². The van der Waals surface area contributed by atoms with E-state index in [4.69, 9.17) is 11.6 Å². The van der Waals surface area contributed by atoms with Gasteiger partial charge in [-0.3, -0.25) is 0 Å². The second kappa shape index (κ2) is 8.87. The molecule has 0 radical (unpaired) electrons. The van der Waals surface area contributed by atoms with Crippen molar-refractivity contribution < 1.29 is 26.4 Å². The summed E-state index contributed by atoms with van der Waals surface area (Å²) in [6, 6.07) is 8.97. The fourth-order valence-corrected chi connectivity index (χ4v) is 7.01. The number of piperazine rings is 1. The second-order valence-corrected chi connectivity index (χ2v) is 11.4. The molecule has 168 valence electrons. The Morgan fingerprint density at radius 1 is 0.871 bits per heavy atom. The number of methoxy groups -OCH3 is 1. The summed E-state index contributed by atoms with van der Waals surface area (Å²) in [6.45, 7) is 3.55. The van der Waals surface area contributed by atoms with E-state index < -0.39 is 26.0 Å². The molecule has 0 atom stereocenters. The van der Waals surface area contributed by atoms with Gasteiger partial charge >= 0.3 is 5.97 Å². The van der Waals surface area contributed by atoms with Gasteiger partial charge in [0, 0.05) is 26.2 Å². The Morgan fingerprint density at radius 3 is 1.94 bits per heavy atom. The molecule has 1 heterocycles. The predicted molar refractivity (Wildman–Crippen MR) is 116 cm³/mol. The first kappa shape index (κ1) is 23.7. The molecule has 31 heavy (non-hydrogen) atoms. The molecule has 8 nitrogen and oxygen atoms in total. The highest BCUT2D eigenvalue weighted by Crippen LogP contribution is 2.28. The number of ether oxygens (including phenoxy) is 1. The van der Waals surface area contributed by atoms with Gasteiger partial charge in [-0.2, -0.15) is 8.61 Å².